The Hall–Kier alpha value is -1.76. The van der Waals surface area contributed by atoms with Crippen LogP contribution in [-0.2, 0) is 30.4 Å². The molecular weight excluding hydrogens is 364 g/mol. The van der Waals surface area contributed by atoms with E-state index in [2.05, 4.69) is 17.5 Å². The minimum absolute atomic E-state index is 0.00913. The van der Waals surface area contributed by atoms with Crippen LogP contribution in [0.2, 0.25) is 0 Å². The molecule has 0 spiro atoms. The number of benzene rings is 1. The first-order chi connectivity index (χ1) is 12.7. The van der Waals surface area contributed by atoms with Crippen LogP contribution in [0.4, 0.5) is 0 Å². The van der Waals surface area contributed by atoms with Crippen LogP contribution in [0.1, 0.15) is 39.7 Å². The van der Waals surface area contributed by atoms with Crippen LogP contribution >= 0.6 is 11.3 Å². The van der Waals surface area contributed by atoms with Crippen molar-refractivity contribution >= 4 is 33.2 Å². The third-order valence-corrected chi connectivity index (χ3v) is 5.55. The summed E-state index contributed by atoms with van der Waals surface area (Å²) in [7, 11) is 0. The van der Waals surface area contributed by atoms with E-state index in [1.54, 1.807) is 18.3 Å². The van der Waals surface area contributed by atoms with Gasteiger partial charge < -0.3 is 14.2 Å². The maximum Gasteiger partial charge on any atom is 0.336 e. The van der Waals surface area contributed by atoms with Gasteiger partial charge in [0, 0.05) is 4.70 Å². The van der Waals surface area contributed by atoms with Crippen LogP contribution in [-0.4, -0.2) is 36.7 Å². The Balaban J connectivity index is 1.71. The highest BCUT2D eigenvalue weighted by atomic mass is 32.1. The van der Waals surface area contributed by atoms with Gasteiger partial charge in [0.2, 0.25) is 5.78 Å². The Kier molecular flexibility index (Phi) is 5.99. The second-order valence-electron chi connectivity index (χ2n) is 8.16. The minimum Gasteiger partial charge on any atom is -0.450 e. The van der Waals surface area contributed by atoms with Gasteiger partial charge in [-0.25, -0.2) is 4.79 Å². The van der Waals surface area contributed by atoms with Crippen molar-refractivity contribution in [3.63, 3.8) is 0 Å². The van der Waals surface area contributed by atoms with E-state index in [0.29, 0.717) is 13.0 Å². The largest absolute Gasteiger partial charge is 0.450 e. The summed E-state index contributed by atoms with van der Waals surface area (Å²) in [6, 6.07) is 8.12. The summed E-state index contributed by atoms with van der Waals surface area (Å²) >= 11 is 1.66. The zero-order valence-electron chi connectivity index (χ0n) is 16.2. The molecule has 0 N–H and O–H groups in total. The Labute approximate surface area is 163 Å². The molecule has 146 valence electrons. The van der Waals surface area contributed by atoms with Gasteiger partial charge in [0.15, 0.2) is 12.2 Å². The number of esters is 1. The Morgan fingerprint density at radius 3 is 2.74 bits per heavy atom. The zero-order chi connectivity index (χ0) is 19.6. The van der Waals surface area contributed by atoms with Crippen LogP contribution < -0.4 is 0 Å². The lowest BCUT2D eigenvalue weighted by Gasteiger charge is -2.26. The van der Waals surface area contributed by atoms with Gasteiger partial charge in [0.25, 0.3) is 0 Å². The van der Waals surface area contributed by atoms with Crippen LogP contribution in [0.25, 0.3) is 10.1 Å². The Morgan fingerprint density at radius 2 is 2.07 bits per heavy atom. The third-order valence-electron chi connectivity index (χ3n) is 4.54. The summed E-state index contributed by atoms with van der Waals surface area (Å²) in [5.41, 5.74) is 0.929. The molecule has 3 atom stereocenters. The van der Waals surface area contributed by atoms with E-state index in [-0.39, 0.29) is 17.8 Å². The van der Waals surface area contributed by atoms with E-state index < -0.39 is 24.3 Å². The molecule has 0 bridgehead atoms. The predicted octanol–water partition coefficient (Wildman–Crippen LogP) is 4.12. The van der Waals surface area contributed by atoms with E-state index in [1.165, 1.54) is 4.70 Å². The van der Waals surface area contributed by atoms with Gasteiger partial charge in [-0.3, -0.25) is 4.79 Å². The molecule has 0 radical (unpaired) electrons. The van der Waals surface area contributed by atoms with Crippen molar-refractivity contribution in [2.45, 2.75) is 59.0 Å². The number of thiophene rings is 1. The van der Waals surface area contributed by atoms with Gasteiger partial charge in [0.1, 0.15) is 6.61 Å². The SMILES string of the molecule is CC1OCC(=O)C1OC(=O)C(CC(C)(C)C)OCc1csc2ccccc12. The van der Waals surface area contributed by atoms with Crippen molar-refractivity contribution in [2.24, 2.45) is 5.41 Å². The molecule has 6 heteroatoms. The lowest BCUT2D eigenvalue weighted by Crippen LogP contribution is -2.38. The molecule has 1 saturated heterocycles. The summed E-state index contributed by atoms with van der Waals surface area (Å²) in [5, 5.41) is 3.19. The van der Waals surface area contributed by atoms with Gasteiger partial charge in [-0.1, -0.05) is 39.0 Å². The standard InChI is InChI=1S/C21H26O5S/c1-13-19(16(22)11-24-13)26-20(23)17(9-21(2,3)4)25-10-14-12-27-18-8-6-5-7-15(14)18/h5-8,12-13,17,19H,9-11H2,1-4H3. The van der Waals surface area contributed by atoms with Gasteiger partial charge in [-0.15, -0.1) is 11.3 Å². The summed E-state index contributed by atoms with van der Waals surface area (Å²) in [6.45, 7) is 8.19. The molecular formula is C21H26O5S. The normalized spacial score (nSPS) is 21.6. The first-order valence-corrected chi connectivity index (χ1v) is 10.0. The Morgan fingerprint density at radius 1 is 1.33 bits per heavy atom. The minimum atomic E-state index is -0.842. The van der Waals surface area contributed by atoms with Gasteiger partial charge in [0.05, 0.1) is 12.7 Å². The van der Waals surface area contributed by atoms with Crippen LogP contribution in [0, 0.1) is 5.41 Å². The van der Waals surface area contributed by atoms with Crippen LogP contribution in [0.5, 0.6) is 0 Å². The molecule has 27 heavy (non-hydrogen) atoms. The highest BCUT2D eigenvalue weighted by molar-refractivity contribution is 7.17. The molecule has 0 saturated carbocycles. The molecule has 0 aliphatic carbocycles. The highest BCUT2D eigenvalue weighted by Crippen LogP contribution is 2.29. The van der Waals surface area contributed by atoms with E-state index in [4.69, 9.17) is 14.2 Å². The fourth-order valence-electron chi connectivity index (χ4n) is 3.11. The smallest absolute Gasteiger partial charge is 0.336 e. The lowest BCUT2D eigenvalue weighted by atomic mass is 9.89. The van der Waals surface area contributed by atoms with Crippen molar-refractivity contribution < 1.29 is 23.8 Å². The average molecular weight is 391 g/mol. The number of hydrogen-bond donors (Lipinski definition) is 0. The summed E-state index contributed by atoms with van der Waals surface area (Å²) < 4.78 is 17.9. The van der Waals surface area contributed by atoms with E-state index in [1.807, 2.05) is 32.9 Å². The van der Waals surface area contributed by atoms with E-state index in [0.717, 1.165) is 10.9 Å². The third kappa shape index (κ3) is 4.94. The van der Waals surface area contributed by atoms with Gasteiger partial charge in [-0.05, 0) is 41.2 Å². The van der Waals surface area contributed by atoms with Gasteiger partial charge >= 0.3 is 5.97 Å². The van der Waals surface area contributed by atoms with Crippen molar-refractivity contribution in [3.8, 4) is 0 Å². The van der Waals surface area contributed by atoms with Crippen molar-refractivity contribution in [2.75, 3.05) is 6.61 Å². The molecule has 3 unspecified atom stereocenters. The van der Waals surface area contributed by atoms with Crippen molar-refractivity contribution in [3.05, 3.63) is 35.2 Å². The number of ether oxygens (including phenoxy) is 3. The molecule has 1 fully saturated rings. The van der Waals surface area contributed by atoms with E-state index in [9.17, 15) is 9.59 Å². The van der Waals surface area contributed by atoms with E-state index >= 15 is 0 Å². The number of Topliss-reactive ketones (excluding diaryl/α,β-unsaturated/α-hetero) is 1. The van der Waals surface area contributed by atoms with Crippen LogP contribution in [0.3, 0.4) is 0 Å². The fraction of sp³-hybridized carbons (Fsp3) is 0.524. The molecule has 1 aliphatic heterocycles. The summed E-state index contributed by atoms with van der Waals surface area (Å²) in [4.78, 5) is 24.6. The summed E-state index contributed by atoms with van der Waals surface area (Å²) in [6.07, 6.45) is -1.49. The predicted molar refractivity (Wildman–Crippen MR) is 105 cm³/mol. The number of carbonyl (C=O) groups is 2. The second kappa shape index (κ2) is 8.09. The molecule has 2 aromatic rings. The molecule has 5 nitrogen and oxygen atoms in total. The molecule has 1 aromatic carbocycles. The molecule has 3 rings (SSSR count). The number of fused-ring (bicyclic) bond motifs is 1. The quantitative estimate of drug-likeness (QED) is 0.694. The molecule has 2 heterocycles. The maximum absolute atomic E-state index is 12.7. The number of rotatable bonds is 6. The van der Waals surface area contributed by atoms with Crippen molar-refractivity contribution in [1.82, 2.24) is 0 Å². The van der Waals surface area contributed by atoms with Crippen molar-refractivity contribution in [1.29, 1.82) is 0 Å². The number of hydrogen-bond acceptors (Lipinski definition) is 6. The first-order valence-electron chi connectivity index (χ1n) is 9.16. The molecule has 1 aliphatic rings. The summed E-state index contributed by atoms with van der Waals surface area (Å²) in [5.74, 6) is -0.700. The Bertz CT molecular complexity index is 819. The fourth-order valence-corrected chi connectivity index (χ4v) is 4.06. The maximum atomic E-state index is 12.7. The first kappa shape index (κ1) is 20.0. The highest BCUT2D eigenvalue weighted by Gasteiger charge is 2.38. The second-order valence-corrected chi connectivity index (χ2v) is 9.07. The zero-order valence-corrected chi connectivity index (χ0v) is 17.0. The monoisotopic (exact) mass is 390 g/mol. The lowest BCUT2D eigenvalue weighted by molar-refractivity contribution is -0.169. The number of ketones is 1. The average Bonchev–Trinajstić information content (AvgIpc) is 3.16. The molecule has 1 aromatic heterocycles. The molecule has 0 amide bonds. The topological polar surface area (TPSA) is 61.8 Å². The van der Waals surface area contributed by atoms with Gasteiger partial charge in [-0.2, -0.15) is 0 Å². The van der Waals surface area contributed by atoms with Crippen LogP contribution in [0.15, 0.2) is 29.6 Å². The number of carbonyl (C=O) groups excluding carboxylic acids is 2.